The zero-order valence-electron chi connectivity index (χ0n) is 9.93. The van der Waals surface area contributed by atoms with E-state index in [1.807, 2.05) is 25.1 Å². The van der Waals surface area contributed by atoms with Crippen LogP contribution in [0, 0.1) is 0 Å². The van der Waals surface area contributed by atoms with Crippen molar-refractivity contribution < 1.29 is 4.79 Å². The van der Waals surface area contributed by atoms with Crippen LogP contribution < -0.4 is 5.32 Å². The van der Waals surface area contributed by atoms with Crippen LogP contribution in [0.4, 0.5) is 0 Å². The number of hydrogen-bond donors (Lipinski definition) is 1. The van der Waals surface area contributed by atoms with Crippen LogP contribution in [0.1, 0.15) is 29.0 Å². The molecule has 0 bridgehead atoms. The lowest BCUT2D eigenvalue weighted by atomic mass is 10.1. The molecule has 2 aromatic rings. The molecule has 4 heteroatoms. The summed E-state index contributed by atoms with van der Waals surface area (Å²) in [7, 11) is 0. The molecule has 0 aliphatic carbocycles. The van der Waals surface area contributed by atoms with E-state index in [1.54, 1.807) is 30.5 Å². The van der Waals surface area contributed by atoms with Gasteiger partial charge in [0.1, 0.15) is 5.69 Å². The summed E-state index contributed by atoms with van der Waals surface area (Å²) in [6, 6.07) is 12.5. The number of nitrogens with zero attached hydrogens (tertiary/aromatic N) is 1. The number of pyridine rings is 1. The van der Waals surface area contributed by atoms with Crippen LogP contribution in [-0.4, -0.2) is 10.9 Å². The fourth-order valence-electron chi connectivity index (χ4n) is 1.67. The van der Waals surface area contributed by atoms with Gasteiger partial charge < -0.3 is 5.32 Å². The Morgan fingerprint density at radius 2 is 1.94 bits per heavy atom. The molecule has 1 heterocycles. The average Bonchev–Trinajstić information content (AvgIpc) is 2.40. The van der Waals surface area contributed by atoms with Gasteiger partial charge in [-0.2, -0.15) is 0 Å². The predicted octanol–water partition coefficient (Wildman–Crippen LogP) is 3.23. The fraction of sp³-hybridized carbons (Fsp3) is 0.143. The Morgan fingerprint density at radius 1 is 1.22 bits per heavy atom. The third kappa shape index (κ3) is 2.87. The highest BCUT2D eigenvalue weighted by Gasteiger charge is 2.13. The van der Waals surface area contributed by atoms with Gasteiger partial charge in [-0.15, -0.1) is 0 Å². The summed E-state index contributed by atoms with van der Waals surface area (Å²) >= 11 is 6.08. The first-order valence-corrected chi connectivity index (χ1v) is 6.02. The standard InChI is InChI=1S/C14H13ClN2O/c1-10(11-6-2-3-7-12(11)15)17-14(18)13-8-4-5-9-16-13/h2-10H,1H3,(H,17,18)/t10-/m0/s1. The Hall–Kier alpha value is -1.87. The third-order valence-electron chi connectivity index (χ3n) is 2.62. The summed E-state index contributed by atoms with van der Waals surface area (Å²) in [5.41, 5.74) is 1.29. The summed E-state index contributed by atoms with van der Waals surface area (Å²) < 4.78 is 0. The number of aromatic nitrogens is 1. The second-order valence-corrected chi connectivity index (χ2v) is 4.34. The van der Waals surface area contributed by atoms with Crippen LogP contribution >= 0.6 is 11.6 Å². The van der Waals surface area contributed by atoms with E-state index >= 15 is 0 Å². The van der Waals surface area contributed by atoms with E-state index in [4.69, 9.17) is 11.6 Å². The van der Waals surface area contributed by atoms with Gasteiger partial charge in [0.05, 0.1) is 6.04 Å². The normalized spacial score (nSPS) is 11.9. The largest absolute Gasteiger partial charge is 0.344 e. The zero-order chi connectivity index (χ0) is 13.0. The Kier molecular flexibility index (Phi) is 3.95. The molecule has 0 aliphatic heterocycles. The first kappa shape index (κ1) is 12.6. The van der Waals surface area contributed by atoms with E-state index in [1.165, 1.54) is 0 Å². The molecule has 1 aromatic carbocycles. The van der Waals surface area contributed by atoms with Crippen molar-refractivity contribution in [2.24, 2.45) is 0 Å². The molecule has 18 heavy (non-hydrogen) atoms. The molecule has 0 unspecified atom stereocenters. The first-order valence-electron chi connectivity index (χ1n) is 5.65. The maximum absolute atomic E-state index is 11.9. The minimum absolute atomic E-state index is 0.159. The summed E-state index contributed by atoms with van der Waals surface area (Å²) in [6.45, 7) is 1.89. The Bertz CT molecular complexity index is 543. The molecule has 0 saturated heterocycles. The molecule has 1 atom stereocenters. The fourth-order valence-corrected chi connectivity index (χ4v) is 1.97. The minimum Gasteiger partial charge on any atom is -0.344 e. The molecule has 0 aliphatic rings. The Morgan fingerprint density at radius 3 is 2.61 bits per heavy atom. The van der Waals surface area contributed by atoms with Crippen LogP contribution in [0.25, 0.3) is 0 Å². The first-order chi connectivity index (χ1) is 8.68. The molecule has 0 spiro atoms. The molecule has 0 fully saturated rings. The van der Waals surface area contributed by atoms with Crippen LogP contribution in [-0.2, 0) is 0 Å². The maximum atomic E-state index is 11.9. The number of halogens is 1. The summed E-state index contributed by atoms with van der Waals surface area (Å²) in [5, 5.41) is 3.51. The van der Waals surface area contributed by atoms with Crippen LogP contribution in [0.3, 0.4) is 0 Å². The molecule has 2 rings (SSSR count). The molecular formula is C14H13ClN2O. The van der Waals surface area contributed by atoms with Gasteiger partial charge in [0.25, 0.3) is 5.91 Å². The molecule has 0 radical (unpaired) electrons. The van der Waals surface area contributed by atoms with Crippen molar-refractivity contribution in [3.8, 4) is 0 Å². The Labute approximate surface area is 111 Å². The van der Waals surface area contributed by atoms with E-state index < -0.39 is 0 Å². The lowest BCUT2D eigenvalue weighted by Crippen LogP contribution is -2.27. The molecule has 92 valence electrons. The van der Waals surface area contributed by atoms with Gasteiger partial charge in [0.2, 0.25) is 0 Å². The number of rotatable bonds is 3. The van der Waals surface area contributed by atoms with Crippen molar-refractivity contribution in [2.45, 2.75) is 13.0 Å². The van der Waals surface area contributed by atoms with E-state index in [-0.39, 0.29) is 11.9 Å². The van der Waals surface area contributed by atoms with Gasteiger partial charge in [-0.25, -0.2) is 0 Å². The molecule has 1 amide bonds. The summed E-state index contributed by atoms with van der Waals surface area (Å²) in [5.74, 6) is -0.206. The molecule has 1 N–H and O–H groups in total. The van der Waals surface area contributed by atoms with Gasteiger partial charge in [-0.1, -0.05) is 35.9 Å². The minimum atomic E-state index is -0.206. The highest BCUT2D eigenvalue weighted by Crippen LogP contribution is 2.22. The third-order valence-corrected chi connectivity index (χ3v) is 2.96. The number of carbonyl (C=O) groups excluding carboxylic acids is 1. The smallest absolute Gasteiger partial charge is 0.270 e. The van der Waals surface area contributed by atoms with Crippen molar-refractivity contribution in [3.05, 3.63) is 64.9 Å². The van der Waals surface area contributed by atoms with Crippen LogP contribution in [0.5, 0.6) is 0 Å². The zero-order valence-corrected chi connectivity index (χ0v) is 10.7. The highest BCUT2D eigenvalue weighted by atomic mass is 35.5. The lowest BCUT2D eigenvalue weighted by molar-refractivity contribution is 0.0935. The van der Waals surface area contributed by atoms with Gasteiger partial charge in [0.15, 0.2) is 0 Å². The van der Waals surface area contributed by atoms with Gasteiger partial charge in [-0.05, 0) is 30.7 Å². The quantitative estimate of drug-likeness (QED) is 0.921. The summed E-state index contributed by atoms with van der Waals surface area (Å²) in [6.07, 6.45) is 1.59. The van der Waals surface area contributed by atoms with Crippen LogP contribution in [0.15, 0.2) is 48.7 Å². The molecular weight excluding hydrogens is 248 g/mol. The predicted molar refractivity (Wildman–Crippen MR) is 71.6 cm³/mol. The lowest BCUT2D eigenvalue weighted by Gasteiger charge is -2.15. The monoisotopic (exact) mass is 260 g/mol. The van der Waals surface area contributed by atoms with Crippen molar-refractivity contribution in [3.63, 3.8) is 0 Å². The van der Waals surface area contributed by atoms with E-state index in [2.05, 4.69) is 10.3 Å². The van der Waals surface area contributed by atoms with Crippen molar-refractivity contribution in [1.29, 1.82) is 0 Å². The van der Waals surface area contributed by atoms with Gasteiger partial charge in [-0.3, -0.25) is 9.78 Å². The maximum Gasteiger partial charge on any atom is 0.270 e. The number of hydrogen-bond acceptors (Lipinski definition) is 2. The van der Waals surface area contributed by atoms with Gasteiger partial charge >= 0.3 is 0 Å². The molecule has 3 nitrogen and oxygen atoms in total. The number of carbonyl (C=O) groups is 1. The van der Waals surface area contributed by atoms with Crippen molar-refractivity contribution in [1.82, 2.24) is 10.3 Å². The van der Waals surface area contributed by atoms with Crippen molar-refractivity contribution in [2.75, 3.05) is 0 Å². The van der Waals surface area contributed by atoms with E-state index in [0.717, 1.165) is 5.56 Å². The average molecular weight is 261 g/mol. The highest BCUT2D eigenvalue weighted by molar-refractivity contribution is 6.31. The molecule has 1 aromatic heterocycles. The van der Waals surface area contributed by atoms with E-state index in [0.29, 0.717) is 10.7 Å². The van der Waals surface area contributed by atoms with Crippen molar-refractivity contribution >= 4 is 17.5 Å². The van der Waals surface area contributed by atoms with E-state index in [9.17, 15) is 4.79 Å². The second-order valence-electron chi connectivity index (χ2n) is 3.93. The molecule has 0 saturated carbocycles. The number of nitrogens with one attached hydrogen (secondary N) is 1. The number of amides is 1. The van der Waals surface area contributed by atoms with Gasteiger partial charge in [0, 0.05) is 11.2 Å². The SMILES string of the molecule is C[C@H](NC(=O)c1ccccn1)c1ccccc1Cl. The summed E-state index contributed by atoms with van der Waals surface area (Å²) in [4.78, 5) is 15.9. The number of benzene rings is 1. The topological polar surface area (TPSA) is 42.0 Å². The second kappa shape index (κ2) is 5.65. The van der Waals surface area contributed by atoms with Crippen LogP contribution in [0.2, 0.25) is 5.02 Å². The Balaban J connectivity index is 2.11.